The molecule has 4 rings (SSSR count). The largest absolute Gasteiger partial charge is 0.280 e. The maximum atomic E-state index is 13.9. The predicted molar refractivity (Wildman–Crippen MR) is 113 cm³/mol. The lowest BCUT2D eigenvalue weighted by Crippen LogP contribution is -2.35. The molecular weight excluding hydrogens is 465 g/mol. The average molecular weight is 483 g/mol. The number of rotatable bonds is 5. The molecular formula is C21H17F3N2O4S2. The highest BCUT2D eigenvalue weighted by Gasteiger charge is 2.29. The Balaban J connectivity index is 1.66. The second-order valence-corrected chi connectivity index (χ2v) is 10.7. The first-order chi connectivity index (χ1) is 15.1. The lowest BCUT2D eigenvalue weighted by Gasteiger charge is -2.31. The Hall–Kier alpha value is -3.05. The zero-order valence-corrected chi connectivity index (χ0v) is 18.1. The van der Waals surface area contributed by atoms with E-state index in [1.165, 1.54) is 34.6 Å². The van der Waals surface area contributed by atoms with Crippen molar-refractivity contribution in [1.82, 2.24) is 0 Å². The minimum Gasteiger partial charge on any atom is -0.280 e. The molecule has 1 heterocycles. The summed E-state index contributed by atoms with van der Waals surface area (Å²) < 4.78 is 94.8. The van der Waals surface area contributed by atoms with E-state index in [9.17, 15) is 30.0 Å². The van der Waals surface area contributed by atoms with E-state index in [1.807, 2.05) is 0 Å². The van der Waals surface area contributed by atoms with Crippen LogP contribution in [0.25, 0.3) is 0 Å². The third kappa shape index (κ3) is 4.17. The molecule has 1 aliphatic heterocycles. The fourth-order valence-corrected chi connectivity index (χ4v) is 6.16. The number of hydrogen-bond acceptors (Lipinski definition) is 4. The number of hydrogen-bond donors (Lipinski definition) is 1. The molecule has 0 fully saturated rings. The summed E-state index contributed by atoms with van der Waals surface area (Å²) in [5.74, 6) is -2.69. The van der Waals surface area contributed by atoms with Gasteiger partial charge in [0.15, 0.2) is 0 Å². The molecule has 0 radical (unpaired) electrons. The molecule has 0 saturated carbocycles. The summed E-state index contributed by atoms with van der Waals surface area (Å²) in [7, 11) is -8.29. The van der Waals surface area contributed by atoms with Gasteiger partial charge in [0, 0.05) is 18.3 Å². The van der Waals surface area contributed by atoms with Gasteiger partial charge in [-0.25, -0.2) is 30.0 Å². The zero-order chi connectivity index (χ0) is 23.1. The van der Waals surface area contributed by atoms with Crippen LogP contribution in [-0.4, -0.2) is 23.4 Å². The van der Waals surface area contributed by atoms with E-state index in [1.54, 1.807) is 0 Å². The molecule has 0 bridgehead atoms. The Morgan fingerprint density at radius 1 is 0.812 bits per heavy atom. The highest BCUT2D eigenvalue weighted by molar-refractivity contribution is 7.93. The van der Waals surface area contributed by atoms with Crippen LogP contribution in [0.1, 0.15) is 12.0 Å². The minimum atomic E-state index is -4.34. The predicted octanol–water partition coefficient (Wildman–Crippen LogP) is 4.05. The van der Waals surface area contributed by atoms with Crippen molar-refractivity contribution in [3.63, 3.8) is 0 Å². The summed E-state index contributed by atoms with van der Waals surface area (Å²) in [6, 6.07) is 10.9. The number of aryl methyl sites for hydroxylation is 1. The van der Waals surface area contributed by atoms with Crippen LogP contribution in [0.2, 0.25) is 0 Å². The standard InChI is InChI=1S/C21H17F3N2O4S2/c22-15-3-7-18(8-4-15)32(29,30)26-11-1-2-14-12-17(6-9-20(14)26)25-31(27,28)21-10-5-16(23)13-19(21)24/h3-10,12-13,25H,1-2,11H2. The molecule has 0 amide bonds. The molecule has 0 atom stereocenters. The van der Waals surface area contributed by atoms with E-state index in [-0.39, 0.29) is 17.1 Å². The highest BCUT2D eigenvalue weighted by Crippen LogP contribution is 2.34. The van der Waals surface area contributed by atoms with Crippen molar-refractivity contribution >= 4 is 31.4 Å². The molecule has 6 nitrogen and oxygen atoms in total. The maximum Gasteiger partial charge on any atom is 0.264 e. The summed E-state index contributed by atoms with van der Waals surface area (Å²) >= 11 is 0. The van der Waals surface area contributed by atoms with Crippen LogP contribution < -0.4 is 9.03 Å². The van der Waals surface area contributed by atoms with Crippen molar-refractivity contribution < 1.29 is 30.0 Å². The molecule has 0 aliphatic carbocycles. The van der Waals surface area contributed by atoms with Gasteiger partial charge in [-0.2, -0.15) is 0 Å². The van der Waals surface area contributed by atoms with E-state index in [0.29, 0.717) is 30.2 Å². The van der Waals surface area contributed by atoms with Gasteiger partial charge in [-0.05, 0) is 73.0 Å². The number of benzene rings is 3. The van der Waals surface area contributed by atoms with Crippen LogP contribution in [0.4, 0.5) is 24.5 Å². The van der Waals surface area contributed by atoms with E-state index < -0.39 is 42.4 Å². The molecule has 168 valence electrons. The van der Waals surface area contributed by atoms with Crippen molar-refractivity contribution in [3.8, 4) is 0 Å². The van der Waals surface area contributed by atoms with Gasteiger partial charge in [-0.3, -0.25) is 9.03 Å². The van der Waals surface area contributed by atoms with Crippen LogP contribution >= 0.6 is 0 Å². The van der Waals surface area contributed by atoms with Gasteiger partial charge in [0.1, 0.15) is 22.3 Å². The second-order valence-electron chi connectivity index (χ2n) is 7.16. The van der Waals surface area contributed by atoms with Gasteiger partial charge in [-0.15, -0.1) is 0 Å². The fraction of sp³-hybridized carbons (Fsp3) is 0.143. The number of halogens is 3. The van der Waals surface area contributed by atoms with Gasteiger partial charge in [0.05, 0.1) is 10.6 Å². The summed E-state index contributed by atoms with van der Waals surface area (Å²) in [5.41, 5.74) is 1.05. The van der Waals surface area contributed by atoms with Crippen molar-refractivity contribution in [2.45, 2.75) is 22.6 Å². The van der Waals surface area contributed by atoms with Crippen molar-refractivity contribution in [3.05, 3.63) is 83.7 Å². The van der Waals surface area contributed by atoms with Crippen molar-refractivity contribution in [2.75, 3.05) is 15.6 Å². The molecule has 0 saturated heterocycles. The third-order valence-corrected chi connectivity index (χ3v) is 8.23. The fourth-order valence-electron chi connectivity index (χ4n) is 3.51. The number of nitrogens with zero attached hydrogens (tertiary/aromatic N) is 1. The van der Waals surface area contributed by atoms with Crippen LogP contribution in [-0.2, 0) is 26.5 Å². The Labute approximate surface area is 183 Å². The van der Waals surface area contributed by atoms with Crippen LogP contribution in [0, 0.1) is 17.5 Å². The SMILES string of the molecule is O=S(=O)(Nc1ccc2c(c1)CCCN2S(=O)(=O)c1ccc(F)cc1)c1ccc(F)cc1F. The Morgan fingerprint density at radius 3 is 2.19 bits per heavy atom. The first-order valence-corrected chi connectivity index (χ1v) is 12.4. The third-order valence-electron chi connectivity index (χ3n) is 4.99. The zero-order valence-electron chi connectivity index (χ0n) is 16.4. The smallest absolute Gasteiger partial charge is 0.264 e. The Morgan fingerprint density at radius 2 is 1.50 bits per heavy atom. The van der Waals surface area contributed by atoms with Gasteiger partial charge >= 0.3 is 0 Å². The molecule has 3 aromatic rings. The van der Waals surface area contributed by atoms with Crippen molar-refractivity contribution in [1.29, 1.82) is 0 Å². The summed E-state index contributed by atoms with van der Waals surface area (Å²) in [6.07, 6.45) is 0.974. The summed E-state index contributed by atoms with van der Waals surface area (Å²) in [6.45, 7) is 0.207. The van der Waals surface area contributed by atoms with Gasteiger partial charge in [0.2, 0.25) is 0 Å². The first kappa shape index (κ1) is 22.2. The van der Waals surface area contributed by atoms with Crippen LogP contribution in [0.3, 0.4) is 0 Å². The van der Waals surface area contributed by atoms with E-state index >= 15 is 0 Å². The van der Waals surface area contributed by atoms with Gasteiger partial charge in [-0.1, -0.05) is 0 Å². The highest BCUT2D eigenvalue weighted by atomic mass is 32.2. The quantitative estimate of drug-likeness (QED) is 0.595. The number of nitrogens with one attached hydrogen (secondary N) is 1. The van der Waals surface area contributed by atoms with E-state index in [2.05, 4.69) is 4.72 Å². The lowest BCUT2D eigenvalue weighted by molar-refractivity contribution is 0.551. The molecule has 0 spiro atoms. The van der Waals surface area contributed by atoms with Gasteiger partial charge < -0.3 is 0 Å². The molecule has 0 aromatic heterocycles. The average Bonchev–Trinajstić information content (AvgIpc) is 2.73. The second kappa shape index (κ2) is 8.14. The number of sulfonamides is 2. The number of anilines is 2. The first-order valence-electron chi connectivity index (χ1n) is 9.47. The molecule has 11 heteroatoms. The monoisotopic (exact) mass is 482 g/mol. The molecule has 0 unspecified atom stereocenters. The maximum absolute atomic E-state index is 13.9. The van der Waals surface area contributed by atoms with Gasteiger partial charge in [0.25, 0.3) is 20.0 Å². The lowest BCUT2D eigenvalue weighted by atomic mass is 10.0. The minimum absolute atomic E-state index is 0.0664. The number of fused-ring (bicyclic) bond motifs is 1. The molecule has 32 heavy (non-hydrogen) atoms. The molecule has 3 aromatic carbocycles. The van der Waals surface area contributed by atoms with Crippen LogP contribution in [0.15, 0.2) is 70.5 Å². The Bertz CT molecular complexity index is 1390. The normalized spacial score (nSPS) is 14.2. The van der Waals surface area contributed by atoms with E-state index in [4.69, 9.17) is 0 Å². The van der Waals surface area contributed by atoms with Crippen LogP contribution in [0.5, 0.6) is 0 Å². The summed E-state index contributed by atoms with van der Waals surface area (Å²) in [5, 5.41) is 0. The molecule has 1 N–H and O–H groups in total. The van der Waals surface area contributed by atoms with Crippen molar-refractivity contribution in [2.24, 2.45) is 0 Å². The topological polar surface area (TPSA) is 83.6 Å². The van der Waals surface area contributed by atoms with E-state index in [0.717, 1.165) is 24.3 Å². The summed E-state index contributed by atoms with van der Waals surface area (Å²) in [4.78, 5) is -0.777. The Kier molecular flexibility index (Phi) is 5.63. The molecule has 1 aliphatic rings.